The maximum absolute atomic E-state index is 4.42. The molecule has 1 nitrogen and oxygen atoms in total. The summed E-state index contributed by atoms with van der Waals surface area (Å²) in [7, 11) is 0. The molecular weight excluding hydrogens is 182 g/mol. The lowest BCUT2D eigenvalue weighted by Crippen LogP contribution is -2.19. The molecular formula is C14H17N. The lowest BCUT2D eigenvalue weighted by atomic mass is 9.82. The first kappa shape index (κ1) is 9.14. The summed E-state index contributed by atoms with van der Waals surface area (Å²) in [6.07, 6.45) is 6.21. The summed E-state index contributed by atoms with van der Waals surface area (Å²) in [5.41, 5.74) is 1.54. The van der Waals surface area contributed by atoms with Gasteiger partial charge in [-0.2, -0.15) is 0 Å². The highest BCUT2D eigenvalue weighted by atomic mass is 14.7. The van der Waals surface area contributed by atoms with Crippen LogP contribution in [0.3, 0.4) is 0 Å². The topological polar surface area (TPSA) is 12.4 Å². The molecule has 1 fully saturated rings. The van der Waals surface area contributed by atoms with Crippen molar-refractivity contribution >= 4 is 6.21 Å². The van der Waals surface area contributed by atoms with E-state index in [0.717, 1.165) is 24.3 Å². The molecule has 1 aliphatic carbocycles. The zero-order valence-corrected chi connectivity index (χ0v) is 8.97. The van der Waals surface area contributed by atoms with Gasteiger partial charge in [0, 0.05) is 12.8 Å². The summed E-state index contributed by atoms with van der Waals surface area (Å²) in [6.45, 7) is 1.05. The fourth-order valence-corrected chi connectivity index (χ4v) is 3.25. The van der Waals surface area contributed by atoms with Crippen molar-refractivity contribution < 1.29 is 0 Å². The standard InChI is InChI=1S/C14H17N/c1-2-4-11(5-3-1)13-7-6-12-10-15-9-8-14(12)13/h1-5,10,12-14H,6-9H2. The Labute approximate surface area is 91.2 Å². The van der Waals surface area contributed by atoms with Crippen LogP contribution >= 0.6 is 0 Å². The van der Waals surface area contributed by atoms with Gasteiger partial charge in [0.2, 0.25) is 0 Å². The van der Waals surface area contributed by atoms with Gasteiger partial charge in [-0.25, -0.2) is 0 Å². The monoisotopic (exact) mass is 199 g/mol. The average molecular weight is 199 g/mol. The Morgan fingerprint density at radius 2 is 1.87 bits per heavy atom. The van der Waals surface area contributed by atoms with Crippen molar-refractivity contribution in [2.24, 2.45) is 16.8 Å². The van der Waals surface area contributed by atoms with E-state index in [1.807, 2.05) is 0 Å². The van der Waals surface area contributed by atoms with Crippen LogP contribution in [0, 0.1) is 11.8 Å². The molecule has 1 aromatic carbocycles. The Hall–Kier alpha value is -1.11. The van der Waals surface area contributed by atoms with E-state index in [0.29, 0.717) is 0 Å². The summed E-state index contributed by atoms with van der Waals surface area (Å²) in [5, 5.41) is 0. The molecule has 0 saturated heterocycles. The lowest BCUT2D eigenvalue weighted by molar-refractivity contribution is 0.400. The molecule has 3 atom stereocenters. The van der Waals surface area contributed by atoms with Crippen molar-refractivity contribution in [1.82, 2.24) is 0 Å². The van der Waals surface area contributed by atoms with Crippen LogP contribution in [0.5, 0.6) is 0 Å². The molecule has 0 spiro atoms. The first-order valence-electron chi connectivity index (χ1n) is 6.00. The smallest absolute Gasteiger partial charge is 0.0388 e. The van der Waals surface area contributed by atoms with Crippen LogP contribution in [-0.4, -0.2) is 12.8 Å². The molecule has 1 aromatic rings. The second kappa shape index (κ2) is 3.80. The Kier molecular flexibility index (Phi) is 2.32. The number of rotatable bonds is 1. The molecule has 0 radical (unpaired) electrons. The highest BCUT2D eigenvalue weighted by Gasteiger charge is 2.36. The number of hydrogen-bond acceptors (Lipinski definition) is 1. The Balaban J connectivity index is 1.87. The average Bonchev–Trinajstić information content (AvgIpc) is 2.74. The van der Waals surface area contributed by atoms with Gasteiger partial charge >= 0.3 is 0 Å². The molecule has 2 aliphatic rings. The van der Waals surface area contributed by atoms with E-state index in [-0.39, 0.29) is 0 Å². The van der Waals surface area contributed by atoms with Crippen LogP contribution in [0.2, 0.25) is 0 Å². The van der Waals surface area contributed by atoms with Gasteiger partial charge in [-0.05, 0) is 42.6 Å². The van der Waals surface area contributed by atoms with E-state index in [4.69, 9.17) is 0 Å². The molecule has 1 heteroatoms. The van der Waals surface area contributed by atoms with Gasteiger partial charge < -0.3 is 0 Å². The maximum atomic E-state index is 4.42. The van der Waals surface area contributed by atoms with Gasteiger partial charge in [-0.3, -0.25) is 4.99 Å². The summed E-state index contributed by atoms with van der Waals surface area (Å²) >= 11 is 0. The molecule has 0 bridgehead atoms. The summed E-state index contributed by atoms with van der Waals surface area (Å²) in [6, 6.07) is 11.0. The van der Waals surface area contributed by atoms with Gasteiger partial charge in [-0.1, -0.05) is 30.3 Å². The molecule has 0 aromatic heterocycles. The van der Waals surface area contributed by atoms with Crippen molar-refractivity contribution in [1.29, 1.82) is 0 Å². The second-order valence-electron chi connectivity index (χ2n) is 4.77. The SMILES string of the molecule is C1=NCCC2C1CCC2c1ccccc1. The van der Waals surface area contributed by atoms with Crippen molar-refractivity contribution in [3.8, 4) is 0 Å². The largest absolute Gasteiger partial charge is 0.297 e. The third-order valence-electron chi connectivity index (χ3n) is 3.99. The van der Waals surface area contributed by atoms with Crippen molar-refractivity contribution in [2.45, 2.75) is 25.2 Å². The van der Waals surface area contributed by atoms with Crippen LogP contribution < -0.4 is 0 Å². The van der Waals surface area contributed by atoms with Gasteiger partial charge in [0.15, 0.2) is 0 Å². The molecule has 1 aliphatic heterocycles. The summed E-state index contributed by atoms with van der Waals surface area (Å²) in [4.78, 5) is 4.42. The van der Waals surface area contributed by atoms with E-state index in [1.165, 1.54) is 19.3 Å². The van der Waals surface area contributed by atoms with Crippen LogP contribution in [-0.2, 0) is 0 Å². The minimum Gasteiger partial charge on any atom is -0.297 e. The number of benzene rings is 1. The number of hydrogen-bond donors (Lipinski definition) is 0. The predicted molar refractivity (Wildman–Crippen MR) is 63.4 cm³/mol. The second-order valence-corrected chi connectivity index (χ2v) is 4.77. The van der Waals surface area contributed by atoms with E-state index < -0.39 is 0 Å². The quantitative estimate of drug-likeness (QED) is 0.658. The number of aliphatic imine (C=N–C) groups is 1. The normalized spacial score (nSPS) is 34.0. The van der Waals surface area contributed by atoms with Gasteiger partial charge in [0.05, 0.1) is 0 Å². The Bertz CT molecular complexity index is 355. The third kappa shape index (κ3) is 1.60. The molecule has 78 valence electrons. The number of fused-ring (bicyclic) bond motifs is 1. The fraction of sp³-hybridized carbons (Fsp3) is 0.500. The molecule has 0 N–H and O–H groups in total. The zero-order valence-electron chi connectivity index (χ0n) is 8.97. The van der Waals surface area contributed by atoms with Crippen molar-refractivity contribution in [2.75, 3.05) is 6.54 Å². The molecule has 1 saturated carbocycles. The van der Waals surface area contributed by atoms with Crippen LogP contribution in [0.25, 0.3) is 0 Å². The molecule has 3 rings (SSSR count). The fourth-order valence-electron chi connectivity index (χ4n) is 3.25. The van der Waals surface area contributed by atoms with E-state index >= 15 is 0 Å². The Morgan fingerprint density at radius 3 is 2.73 bits per heavy atom. The highest BCUT2D eigenvalue weighted by Crippen LogP contribution is 2.45. The van der Waals surface area contributed by atoms with Gasteiger partial charge in [0.25, 0.3) is 0 Å². The van der Waals surface area contributed by atoms with E-state index in [2.05, 4.69) is 41.5 Å². The maximum Gasteiger partial charge on any atom is 0.0388 e. The van der Waals surface area contributed by atoms with Crippen LogP contribution in [0.15, 0.2) is 35.3 Å². The van der Waals surface area contributed by atoms with E-state index in [9.17, 15) is 0 Å². The lowest BCUT2D eigenvalue weighted by Gasteiger charge is -2.25. The minimum atomic E-state index is 0.768. The van der Waals surface area contributed by atoms with Crippen LogP contribution in [0.4, 0.5) is 0 Å². The first-order valence-corrected chi connectivity index (χ1v) is 6.00. The number of nitrogens with zero attached hydrogens (tertiary/aromatic N) is 1. The minimum absolute atomic E-state index is 0.768. The van der Waals surface area contributed by atoms with Crippen LogP contribution in [0.1, 0.15) is 30.7 Å². The molecule has 0 amide bonds. The van der Waals surface area contributed by atoms with Crippen molar-refractivity contribution in [3.05, 3.63) is 35.9 Å². The molecule has 15 heavy (non-hydrogen) atoms. The third-order valence-corrected chi connectivity index (χ3v) is 3.99. The van der Waals surface area contributed by atoms with Gasteiger partial charge in [-0.15, -0.1) is 0 Å². The Morgan fingerprint density at radius 1 is 1.00 bits per heavy atom. The summed E-state index contributed by atoms with van der Waals surface area (Å²) < 4.78 is 0. The zero-order chi connectivity index (χ0) is 10.1. The predicted octanol–water partition coefficient (Wildman–Crippen LogP) is 3.27. The first-order chi connectivity index (χ1) is 7.45. The van der Waals surface area contributed by atoms with E-state index in [1.54, 1.807) is 5.56 Å². The highest BCUT2D eigenvalue weighted by molar-refractivity contribution is 5.63. The molecule has 1 heterocycles. The molecule has 3 unspecified atom stereocenters. The van der Waals surface area contributed by atoms with Crippen molar-refractivity contribution in [3.63, 3.8) is 0 Å². The van der Waals surface area contributed by atoms with Gasteiger partial charge in [0.1, 0.15) is 0 Å². The summed E-state index contributed by atoms with van der Waals surface area (Å²) in [5.74, 6) is 2.43.